The zero-order chi connectivity index (χ0) is 13.1. The summed E-state index contributed by atoms with van der Waals surface area (Å²) in [4.78, 5) is 0. The second kappa shape index (κ2) is 5.46. The molecule has 0 fully saturated rings. The number of halogens is 3. The van der Waals surface area contributed by atoms with Crippen molar-refractivity contribution in [3.05, 3.63) is 70.2 Å². The van der Waals surface area contributed by atoms with E-state index in [2.05, 4.69) is 0 Å². The van der Waals surface area contributed by atoms with Crippen molar-refractivity contribution in [3.63, 3.8) is 0 Å². The molecule has 1 unspecified atom stereocenters. The van der Waals surface area contributed by atoms with Crippen LogP contribution in [0.2, 0.25) is 5.02 Å². The van der Waals surface area contributed by atoms with Crippen LogP contribution < -0.4 is 0 Å². The van der Waals surface area contributed by atoms with Crippen LogP contribution in [0.3, 0.4) is 0 Å². The first kappa shape index (κ1) is 13.0. The SMILES string of the molecule is OC(Cc1ccccc1F)c1ccc(Cl)cc1F. The smallest absolute Gasteiger partial charge is 0.130 e. The maximum atomic E-state index is 13.6. The second-order valence-corrected chi connectivity index (χ2v) is 4.41. The molecule has 0 spiro atoms. The number of hydrogen-bond acceptors (Lipinski definition) is 1. The Morgan fingerprint density at radius 1 is 1.06 bits per heavy atom. The monoisotopic (exact) mass is 268 g/mol. The van der Waals surface area contributed by atoms with Gasteiger partial charge in [-0.3, -0.25) is 0 Å². The molecule has 2 aromatic carbocycles. The summed E-state index contributed by atoms with van der Waals surface area (Å²) in [5, 5.41) is 10.2. The summed E-state index contributed by atoms with van der Waals surface area (Å²) < 4.78 is 27.0. The van der Waals surface area contributed by atoms with E-state index in [-0.39, 0.29) is 17.0 Å². The first-order valence-corrected chi connectivity index (χ1v) is 5.82. The van der Waals surface area contributed by atoms with Gasteiger partial charge in [0.1, 0.15) is 11.6 Å². The van der Waals surface area contributed by atoms with Crippen molar-refractivity contribution in [2.75, 3.05) is 0 Å². The van der Waals surface area contributed by atoms with E-state index in [9.17, 15) is 13.9 Å². The lowest BCUT2D eigenvalue weighted by Gasteiger charge is -2.12. The Hall–Kier alpha value is -1.45. The number of hydrogen-bond donors (Lipinski definition) is 1. The largest absolute Gasteiger partial charge is 0.388 e. The fourth-order valence-electron chi connectivity index (χ4n) is 1.75. The van der Waals surface area contributed by atoms with Crippen LogP contribution in [-0.4, -0.2) is 5.11 Å². The van der Waals surface area contributed by atoms with Crippen LogP contribution in [-0.2, 0) is 6.42 Å². The Morgan fingerprint density at radius 2 is 1.78 bits per heavy atom. The Labute approximate surface area is 109 Å². The molecule has 0 amide bonds. The summed E-state index contributed by atoms with van der Waals surface area (Å²) >= 11 is 5.63. The third-order valence-electron chi connectivity index (χ3n) is 2.69. The van der Waals surface area contributed by atoms with E-state index < -0.39 is 17.7 Å². The molecule has 0 aliphatic heterocycles. The van der Waals surface area contributed by atoms with Gasteiger partial charge in [-0.25, -0.2) is 8.78 Å². The standard InChI is InChI=1S/C14H11ClF2O/c15-10-5-6-11(13(17)8-10)14(18)7-9-3-1-2-4-12(9)16/h1-6,8,14,18H,7H2. The number of rotatable bonds is 3. The summed E-state index contributed by atoms with van der Waals surface area (Å²) in [6, 6.07) is 10.1. The van der Waals surface area contributed by atoms with Crippen LogP contribution in [0, 0.1) is 11.6 Å². The lowest BCUT2D eigenvalue weighted by Crippen LogP contribution is -2.05. The molecule has 0 aliphatic carbocycles. The maximum Gasteiger partial charge on any atom is 0.130 e. The molecule has 2 aromatic rings. The number of benzene rings is 2. The van der Waals surface area contributed by atoms with Crippen LogP contribution in [0.5, 0.6) is 0 Å². The highest BCUT2D eigenvalue weighted by atomic mass is 35.5. The van der Waals surface area contributed by atoms with Gasteiger partial charge in [0.05, 0.1) is 6.10 Å². The summed E-state index contributed by atoms with van der Waals surface area (Å²) in [5.41, 5.74) is 0.460. The van der Waals surface area contributed by atoms with E-state index in [4.69, 9.17) is 11.6 Å². The van der Waals surface area contributed by atoms with Crippen molar-refractivity contribution in [1.29, 1.82) is 0 Å². The lowest BCUT2D eigenvalue weighted by atomic mass is 10.0. The minimum absolute atomic E-state index is 0.0191. The average molecular weight is 269 g/mol. The summed E-state index contributed by atoms with van der Waals surface area (Å²) in [6.45, 7) is 0. The normalized spacial score (nSPS) is 12.4. The van der Waals surface area contributed by atoms with Gasteiger partial charge in [0, 0.05) is 17.0 Å². The summed E-state index contributed by atoms with van der Waals surface area (Å²) in [7, 11) is 0. The molecule has 2 rings (SSSR count). The highest BCUT2D eigenvalue weighted by Gasteiger charge is 2.15. The fraction of sp³-hybridized carbons (Fsp3) is 0.143. The van der Waals surface area contributed by atoms with E-state index in [1.165, 1.54) is 18.2 Å². The zero-order valence-electron chi connectivity index (χ0n) is 9.41. The molecule has 1 nitrogen and oxygen atoms in total. The zero-order valence-corrected chi connectivity index (χ0v) is 10.2. The molecular formula is C14H11ClF2O. The van der Waals surface area contributed by atoms with Crippen molar-refractivity contribution in [3.8, 4) is 0 Å². The van der Waals surface area contributed by atoms with E-state index >= 15 is 0 Å². The molecule has 1 atom stereocenters. The number of aliphatic hydroxyl groups is 1. The van der Waals surface area contributed by atoms with Crippen LogP contribution >= 0.6 is 11.6 Å². The Kier molecular flexibility index (Phi) is 3.94. The van der Waals surface area contributed by atoms with Crippen LogP contribution in [0.15, 0.2) is 42.5 Å². The molecular weight excluding hydrogens is 258 g/mol. The first-order valence-electron chi connectivity index (χ1n) is 5.44. The van der Waals surface area contributed by atoms with Crippen molar-refractivity contribution in [1.82, 2.24) is 0 Å². The maximum absolute atomic E-state index is 13.6. The van der Waals surface area contributed by atoms with E-state index in [0.717, 1.165) is 6.07 Å². The molecule has 0 saturated heterocycles. The molecule has 0 radical (unpaired) electrons. The van der Waals surface area contributed by atoms with Gasteiger partial charge in [0.2, 0.25) is 0 Å². The Morgan fingerprint density at radius 3 is 2.44 bits per heavy atom. The molecule has 0 aromatic heterocycles. The predicted octanol–water partition coefficient (Wildman–Crippen LogP) is 3.89. The van der Waals surface area contributed by atoms with Crippen molar-refractivity contribution < 1.29 is 13.9 Å². The quantitative estimate of drug-likeness (QED) is 0.895. The van der Waals surface area contributed by atoms with Gasteiger partial charge >= 0.3 is 0 Å². The van der Waals surface area contributed by atoms with E-state index in [0.29, 0.717) is 5.56 Å². The number of aliphatic hydroxyl groups excluding tert-OH is 1. The van der Waals surface area contributed by atoms with Gasteiger partial charge in [-0.05, 0) is 23.8 Å². The summed E-state index contributed by atoms with van der Waals surface area (Å²) in [6.07, 6.45) is -1.08. The lowest BCUT2D eigenvalue weighted by molar-refractivity contribution is 0.172. The molecule has 0 bridgehead atoms. The Bertz CT molecular complexity index is 557. The molecule has 94 valence electrons. The van der Waals surface area contributed by atoms with E-state index in [1.54, 1.807) is 18.2 Å². The van der Waals surface area contributed by atoms with Gasteiger partial charge in [-0.1, -0.05) is 35.9 Å². The molecule has 1 N–H and O–H groups in total. The van der Waals surface area contributed by atoms with Gasteiger partial charge in [-0.15, -0.1) is 0 Å². The molecule has 0 aliphatic rings. The van der Waals surface area contributed by atoms with Gasteiger partial charge in [0.25, 0.3) is 0 Å². The van der Waals surface area contributed by atoms with E-state index in [1.807, 2.05) is 0 Å². The Balaban J connectivity index is 2.22. The molecule has 0 heterocycles. The highest BCUT2D eigenvalue weighted by molar-refractivity contribution is 6.30. The predicted molar refractivity (Wildman–Crippen MR) is 66.5 cm³/mol. The van der Waals surface area contributed by atoms with Gasteiger partial charge < -0.3 is 5.11 Å². The highest BCUT2D eigenvalue weighted by Crippen LogP contribution is 2.24. The second-order valence-electron chi connectivity index (χ2n) is 3.98. The molecule has 4 heteroatoms. The summed E-state index contributed by atoms with van der Waals surface area (Å²) in [5.74, 6) is -1.00. The van der Waals surface area contributed by atoms with Crippen LogP contribution in [0.1, 0.15) is 17.2 Å². The topological polar surface area (TPSA) is 20.2 Å². The minimum Gasteiger partial charge on any atom is -0.388 e. The van der Waals surface area contributed by atoms with Gasteiger partial charge in [-0.2, -0.15) is 0 Å². The van der Waals surface area contributed by atoms with Crippen LogP contribution in [0.4, 0.5) is 8.78 Å². The van der Waals surface area contributed by atoms with Crippen molar-refractivity contribution in [2.45, 2.75) is 12.5 Å². The van der Waals surface area contributed by atoms with Gasteiger partial charge in [0.15, 0.2) is 0 Å². The van der Waals surface area contributed by atoms with Crippen molar-refractivity contribution in [2.24, 2.45) is 0 Å². The molecule has 18 heavy (non-hydrogen) atoms. The fourth-order valence-corrected chi connectivity index (χ4v) is 1.91. The first-order chi connectivity index (χ1) is 8.58. The average Bonchev–Trinajstić information content (AvgIpc) is 2.32. The third-order valence-corrected chi connectivity index (χ3v) is 2.93. The van der Waals surface area contributed by atoms with Crippen molar-refractivity contribution >= 4 is 11.6 Å². The van der Waals surface area contributed by atoms with Crippen LogP contribution in [0.25, 0.3) is 0 Å². The minimum atomic E-state index is -1.10. The molecule has 0 saturated carbocycles. The third kappa shape index (κ3) is 2.86.